The first-order valence-corrected chi connectivity index (χ1v) is 14.2. The molecule has 0 spiro atoms. The van der Waals surface area contributed by atoms with E-state index in [1.807, 2.05) is 0 Å². The van der Waals surface area contributed by atoms with Crippen molar-refractivity contribution in [3.05, 3.63) is 12.7 Å². The van der Waals surface area contributed by atoms with E-state index in [0.717, 1.165) is 29.6 Å². The molecule has 0 aromatic heterocycles. The van der Waals surface area contributed by atoms with Crippen LogP contribution in [0.5, 0.6) is 0 Å². The number of halogens is 1. The Balaban J connectivity index is 2.72. The van der Waals surface area contributed by atoms with Gasteiger partial charge in [0.05, 0.1) is 25.8 Å². The van der Waals surface area contributed by atoms with Gasteiger partial charge in [0.25, 0.3) is 0 Å². The number of aliphatic hydroxyl groups is 1. The summed E-state index contributed by atoms with van der Waals surface area (Å²) in [6.45, 7) is 13.2. The average Bonchev–Trinajstić information content (AvgIpc) is 2.95. The van der Waals surface area contributed by atoms with Crippen LogP contribution in [-0.2, 0) is 32.5 Å². The lowest BCUT2D eigenvalue weighted by Gasteiger charge is -2.23. The molecule has 13 heteroatoms. The summed E-state index contributed by atoms with van der Waals surface area (Å²) in [4.78, 5) is 24.1. The lowest BCUT2D eigenvalue weighted by molar-refractivity contribution is -0.118. The summed E-state index contributed by atoms with van der Waals surface area (Å²) in [6.07, 6.45) is -2.09. The van der Waals surface area contributed by atoms with E-state index in [2.05, 4.69) is 6.58 Å². The minimum atomic E-state index is -4.20. The van der Waals surface area contributed by atoms with E-state index in [9.17, 15) is 23.7 Å². The van der Waals surface area contributed by atoms with Crippen LogP contribution in [-0.4, -0.2) is 78.4 Å². The first-order valence-electron chi connectivity index (χ1n) is 10.8. The minimum absolute atomic E-state index is 0.0648. The quantitative estimate of drug-likeness (QED) is 0.169. The van der Waals surface area contributed by atoms with Crippen LogP contribution in [0.2, 0.25) is 0 Å². The Hall–Kier alpha value is -0.195. The number of hydrogen-bond donors (Lipinski definition) is 1. The van der Waals surface area contributed by atoms with Crippen molar-refractivity contribution in [2.24, 2.45) is 10.8 Å². The third kappa shape index (κ3) is 9.35. The highest BCUT2D eigenvalue weighted by atomic mass is 32.2. The van der Waals surface area contributed by atoms with Gasteiger partial charge in [-0.2, -0.15) is 0 Å². The van der Waals surface area contributed by atoms with Crippen LogP contribution in [0.3, 0.4) is 0 Å². The number of thioether (sulfide) groups is 2. The highest BCUT2D eigenvalue weighted by Gasteiger charge is 2.53. The molecule has 1 saturated heterocycles. The number of phosphoric acid groups is 1. The molecule has 1 heterocycles. The summed E-state index contributed by atoms with van der Waals surface area (Å²) in [7, 11) is 1.38. The number of hydrogen-bond acceptors (Lipinski definition) is 10. The molecule has 1 rings (SSSR count). The van der Waals surface area contributed by atoms with E-state index in [4.69, 9.17) is 26.2 Å². The van der Waals surface area contributed by atoms with E-state index in [1.54, 1.807) is 41.5 Å². The Morgan fingerprint density at radius 2 is 1.53 bits per heavy atom. The Morgan fingerprint density at radius 3 is 1.88 bits per heavy atom. The zero-order chi connectivity index (χ0) is 26.4. The van der Waals surface area contributed by atoms with Crippen LogP contribution in [0.25, 0.3) is 0 Å². The molecule has 1 aliphatic rings. The SMILES string of the molecule is [B][C@@H]1O[C@H](COP(=O)(OCCSC(=O)C(C)(C)C)OCCSC(=O)C(C)(C)C)[C@@H](O)[C@]1(F)C=C. The van der Waals surface area contributed by atoms with Crippen LogP contribution in [0.15, 0.2) is 12.7 Å². The fraction of sp³-hybridized carbons (Fsp3) is 0.810. The minimum Gasteiger partial charge on any atom is -0.387 e. The van der Waals surface area contributed by atoms with E-state index in [-0.39, 0.29) is 35.0 Å². The highest BCUT2D eigenvalue weighted by Crippen LogP contribution is 2.50. The Bertz CT molecular complexity index is 735. The molecule has 2 radical (unpaired) electrons. The third-order valence-electron chi connectivity index (χ3n) is 4.63. The van der Waals surface area contributed by atoms with Crippen LogP contribution >= 0.6 is 31.3 Å². The first-order chi connectivity index (χ1) is 15.5. The fourth-order valence-electron chi connectivity index (χ4n) is 2.46. The first kappa shape index (κ1) is 31.8. The second-order valence-corrected chi connectivity index (χ2v) is 13.6. The lowest BCUT2D eigenvalue weighted by Crippen LogP contribution is -2.43. The van der Waals surface area contributed by atoms with Gasteiger partial charge in [-0.25, -0.2) is 8.96 Å². The molecule has 0 bridgehead atoms. The largest absolute Gasteiger partial charge is 0.474 e. The van der Waals surface area contributed by atoms with Crippen LogP contribution < -0.4 is 0 Å². The van der Waals surface area contributed by atoms with Crippen molar-refractivity contribution in [3.8, 4) is 0 Å². The molecule has 8 nitrogen and oxygen atoms in total. The van der Waals surface area contributed by atoms with E-state index in [0.29, 0.717) is 0 Å². The number of alkyl halides is 1. The number of ether oxygens (including phenoxy) is 1. The number of phosphoric ester groups is 1. The molecule has 194 valence electrons. The summed E-state index contributed by atoms with van der Waals surface area (Å²) in [5.74, 6) is 0.392. The average molecular weight is 540 g/mol. The summed E-state index contributed by atoms with van der Waals surface area (Å²) in [5.41, 5.74) is -3.48. The summed E-state index contributed by atoms with van der Waals surface area (Å²) >= 11 is 2.04. The van der Waals surface area contributed by atoms with Crippen molar-refractivity contribution in [3.63, 3.8) is 0 Å². The number of rotatable bonds is 12. The molecule has 34 heavy (non-hydrogen) atoms. The molecular weight excluding hydrogens is 505 g/mol. The number of aliphatic hydroxyl groups excluding tert-OH is 1. The third-order valence-corrected chi connectivity index (χ3v) is 8.58. The van der Waals surface area contributed by atoms with Crippen molar-refractivity contribution in [1.29, 1.82) is 0 Å². The predicted molar refractivity (Wildman–Crippen MR) is 134 cm³/mol. The molecule has 1 aliphatic heterocycles. The van der Waals surface area contributed by atoms with E-state index in [1.165, 1.54) is 0 Å². The maximum atomic E-state index is 14.7. The van der Waals surface area contributed by atoms with Crippen LogP contribution in [0.1, 0.15) is 41.5 Å². The molecule has 0 saturated carbocycles. The summed E-state index contributed by atoms with van der Waals surface area (Å²) in [6, 6.07) is -1.48. The zero-order valence-corrected chi connectivity index (χ0v) is 23.1. The number of carbonyl (C=O) groups excluding carboxylic acids is 2. The lowest BCUT2D eigenvalue weighted by atomic mass is 9.82. The van der Waals surface area contributed by atoms with E-state index >= 15 is 0 Å². The Morgan fingerprint density at radius 1 is 1.09 bits per heavy atom. The molecule has 0 aliphatic carbocycles. The van der Waals surface area contributed by atoms with Crippen molar-refractivity contribution in [2.75, 3.05) is 31.3 Å². The van der Waals surface area contributed by atoms with Crippen LogP contribution in [0.4, 0.5) is 4.39 Å². The van der Waals surface area contributed by atoms with Gasteiger partial charge in [0.15, 0.2) is 15.9 Å². The van der Waals surface area contributed by atoms with Crippen molar-refractivity contribution < 1.29 is 42.0 Å². The summed E-state index contributed by atoms with van der Waals surface area (Å²) < 4.78 is 48.9. The Kier molecular flexibility index (Phi) is 12.0. The molecule has 0 aromatic carbocycles. The highest BCUT2D eigenvalue weighted by molar-refractivity contribution is 8.14. The topological polar surface area (TPSA) is 108 Å². The van der Waals surface area contributed by atoms with Crippen molar-refractivity contribution in [1.82, 2.24) is 0 Å². The molecule has 0 aromatic rings. The zero-order valence-electron chi connectivity index (χ0n) is 20.6. The van der Waals surface area contributed by atoms with Gasteiger partial charge in [-0.3, -0.25) is 23.2 Å². The fourth-order valence-corrected chi connectivity index (χ4v) is 5.46. The van der Waals surface area contributed by atoms with Gasteiger partial charge in [-0.15, -0.1) is 0 Å². The van der Waals surface area contributed by atoms with Gasteiger partial charge in [0.2, 0.25) is 0 Å². The smallest absolute Gasteiger partial charge is 0.387 e. The van der Waals surface area contributed by atoms with Crippen molar-refractivity contribution >= 4 is 49.4 Å². The van der Waals surface area contributed by atoms with Gasteiger partial charge in [0, 0.05) is 22.3 Å². The molecule has 0 unspecified atom stereocenters. The molecule has 4 atom stereocenters. The molecule has 0 amide bonds. The summed E-state index contributed by atoms with van der Waals surface area (Å²) in [5, 5.41) is 10.1. The molecule has 1 fully saturated rings. The van der Waals surface area contributed by atoms with Gasteiger partial charge in [0.1, 0.15) is 20.1 Å². The maximum Gasteiger partial charge on any atom is 0.474 e. The molecule has 1 N–H and O–H groups in total. The van der Waals surface area contributed by atoms with Crippen molar-refractivity contribution in [2.45, 2.75) is 65.4 Å². The normalized spacial score (nSPS) is 25.9. The van der Waals surface area contributed by atoms with Gasteiger partial charge in [-0.05, 0) is 0 Å². The second-order valence-electron chi connectivity index (χ2n) is 9.75. The van der Waals surface area contributed by atoms with E-state index < -0.39 is 49.1 Å². The monoisotopic (exact) mass is 540 g/mol. The van der Waals surface area contributed by atoms with Gasteiger partial charge in [-0.1, -0.05) is 77.7 Å². The van der Waals surface area contributed by atoms with Gasteiger partial charge < -0.3 is 9.84 Å². The molecular formula is C21H35BFO8PS2. The second kappa shape index (κ2) is 12.9. The maximum absolute atomic E-state index is 14.7. The van der Waals surface area contributed by atoms with Crippen LogP contribution in [0, 0.1) is 10.8 Å². The standard InChI is InChI=1S/C21H35BFO8PS2/c1-8-21(23)15(24)14(31-16(21)22)13-30-32(27,28-9-11-33-17(25)19(2,3)4)29-10-12-34-18(26)20(5,6)7/h8,14-16,24H,1,9-13H2,2-7H3/t14-,15-,16-,21-/m1/s1. The number of carbonyl (C=O) groups is 2. The predicted octanol–water partition coefficient (Wildman–Crippen LogP) is 3.90. The van der Waals surface area contributed by atoms with Gasteiger partial charge >= 0.3 is 7.82 Å². The Labute approximate surface area is 211 Å².